The number of carbonyl (C=O) groups excluding carboxylic acids is 1. The molecule has 3 aromatic rings. The molecule has 0 unspecified atom stereocenters. The number of sulfonamides is 1. The van der Waals surface area contributed by atoms with Crippen LogP contribution in [0.5, 0.6) is 0 Å². The topological polar surface area (TPSA) is 87.6 Å². The minimum absolute atomic E-state index is 0.179. The number of benzene rings is 1. The summed E-state index contributed by atoms with van der Waals surface area (Å²) >= 11 is 2.62. The molecular formula is C16H13N3O3S3. The fraction of sp³-hybridized carbons (Fsp3) is 0. The van der Waals surface area contributed by atoms with Gasteiger partial charge in [-0.15, -0.1) is 11.3 Å². The minimum Gasteiger partial charge on any atom is -0.278 e. The fourth-order valence-electron chi connectivity index (χ4n) is 1.96. The number of hydrogen-bond acceptors (Lipinski definition) is 6. The Hall–Kier alpha value is -2.49. The van der Waals surface area contributed by atoms with Gasteiger partial charge < -0.3 is 0 Å². The van der Waals surface area contributed by atoms with E-state index in [9.17, 15) is 13.2 Å². The number of thiophene rings is 2. The lowest BCUT2D eigenvalue weighted by Gasteiger charge is -2.10. The molecule has 9 heteroatoms. The van der Waals surface area contributed by atoms with Crippen molar-refractivity contribution in [3.8, 4) is 0 Å². The molecule has 0 atom stereocenters. The molecule has 0 aliphatic heterocycles. The Balaban J connectivity index is 1.77. The number of hydrazone groups is 1. The van der Waals surface area contributed by atoms with E-state index in [1.54, 1.807) is 23.6 Å². The summed E-state index contributed by atoms with van der Waals surface area (Å²) in [5.41, 5.74) is 3.65. The maximum Gasteiger partial charge on any atom is 0.273 e. The van der Waals surface area contributed by atoms with Gasteiger partial charge >= 0.3 is 0 Å². The zero-order valence-corrected chi connectivity index (χ0v) is 15.2. The summed E-state index contributed by atoms with van der Waals surface area (Å²) in [6.45, 7) is 0. The van der Waals surface area contributed by atoms with Gasteiger partial charge in [-0.25, -0.2) is 13.8 Å². The van der Waals surface area contributed by atoms with Gasteiger partial charge in [0.15, 0.2) is 0 Å². The normalized spacial score (nSPS) is 11.5. The number of nitrogens with zero attached hydrogens (tertiary/aromatic N) is 1. The first-order valence-electron chi connectivity index (χ1n) is 7.07. The van der Waals surface area contributed by atoms with E-state index in [2.05, 4.69) is 15.2 Å². The molecule has 0 saturated heterocycles. The van der Waals surface area contributed by atoms with Gasteiger partial charge in [0.2, 0.25) is 0 Å². The van der Waals surface area contributed by atoms with Crippen LogP contribution in [0.15, 0.2) is 67.9 Å². The molecule has 3 rings (SSSR count). The van der Waals surface area contributed by atoms with Crippen LogP contribution in [0.25, 0.3) is 0 Å². The third-order valence-electron chi connectivity index (χ3n) is 3.10. The highest BCUT2D eigenvalue weighted by Gasteiger charge is 2.19. The summed E-state index contributed by atoms with van der Waals surface area (Å²) < 4.78 is 27.3. The van der Waals surface area contributed by atoms with Gasteiger partial charge in [0.25, 0.3) is 15.9 Å². The number of rotatable bonds is 6. The molecular weight excluding hydrogens is 378 g/mol. The lowest BCUT2D eigenvalue weighted by molar-refractivity contribution is 0.0956. The Morgan fingerprint density at radius 3 is 2.64 bits per heavy atom. The highest BCUT2D eigenvalue weighted by molar-refractivity contribution is 7.94. The first-order chi connectivity index (χ1) is 12.1. The molecule has 0 aliphatic carbocycles. The Labute approximate surface area is 152 Å². The molecule has 1 amide bonds. The van der Waals surface area contributed by atoms with E-state index in [4.69, 9.17) is 0 Å². The van der Waals surface area contributed by atoms with E-state index in [-0.39, 0.29) is 15.5 Å². The van der Waals surface area contributed by atoms with Crippen LogP contribution in [0.1, 0.15) is 15.9 Å². The monoisotopic (exact) mass is 391 g/mol. The molecule has 0 spiro atoms. The molecule has 0 bridgehead atoms. The molecule has 0 fully saturated rings. The number of para-hydroxylation sites is 1. The molecule has 0 saturated carbocycles. The summed E-state index contributed by atoms with van der Waals surface area (Å²) in [5.74, 6) is -0.504. The molecule has 1 aromatic carbocycles. The highest BCUT2D eigenvalue weighted by atomic mass is 32.2. The van der Waals surface area contributed by atoms with Crippen LogP contribution in [-0.4, -0.2) is 20.5 Å². The van der Waals surface area contributed by atoms with E-state index < -0.39 is 15.9 Å². The maximum atomic E-state index is 12.3. The van der Waals surface area contributed by atoms with Crippen LogP contribution < -0.4 is 10.1 Å². The minimum atomic E-state index is -3.73. The van der Waals surface area contributed by atoms with E-state index in [0.29, 0.717) is 0 Å². The van der Waals surface area contributed by atoms with Crippen molar-refractivity contribution in [3.63, 3.8) is 0 Å². The summed E-state index contributed by atoms with van der Waals surface area (Å²) in [6.07, 6.45) is 1.52. The standard InChI is InChI=1S/C16H13N3O3S3/c20-16(18-17-10-12-7-9-23-11-12)13-4-1-2-5-14(13)19-25(21,22)15-6-3-8-24-15/h1-11,19H,(H,18,20)/b17-10+. The van der Waals surface area contributed by atoms with E-state index >= 15 is 0 Å². The largest absolute Gasteiger partial charge is 0.278 e. The number of anilines is 1. The Kier molecular flexibility index (Phi) is 5.27. The second-order valence-electron chi connectivity index (χ2n) is 4.84. The number of amides is 1. The Morgan fingerprint density at radius 1 is 1.08 bits per heavy atom. The fourth-order valence-corrected chi connectivity index (χ4v) is 4.64. The number of hydrogen-bond donors (Lipinski definition) is 2. The summed E-state index contributed by atoms with van der Waals surface area (Å²) in [4.78, 5) is 12.3. The molecule has 2 aromatic heterocycles. The van der Waals surface area contributed by atoms with Gasteiger partial charge in [0.05, 0.1) is 17.5 Å². The van der Waals surface area contributed by atoms with Gasteiger partial charge in [0.1, 0.15) is 4.21 Å². The van der Waals surface area contributed by atoms with Crippen molar-refractivity contribution in [1.82, 2.24) is 5.43 Å². The van der Waals surface area contributed by atoms with Crippen LogP contribution in [0.2, 0.25) is 0 Å². The zero-order valence-electron chi connectivity index (χ0n) is 12.7. The second-order valence-corrected chi connectivity index (χ2v) is 8.48. The van der Waals surface area contributed by atoms with E-state index in [0.717, 1.165) is 16.9 Å². The van der Waals surface area contributed by atoms with Crippen molar-refractivity contribution in [1.29, 1.82) is 0 Å². The van der Waals surface area contributed by atoms with Crippen molar-refractivity contribution in [2.24, 2.45) is 5.10 Å². The average molecular weight is 391 g/mol. The smallest absolute Gasteiger partial charge is 0.273 e. The van der Waals surface area contributed by atoms with Crippen molar-refractivity contribution in [3.05, 3.63) is 69.7 Å². The maximum absolute atomic E-state index is 12.3. The van der Waals surface area contributed by atoms with Gasteiger partial charge in [-0.1, -0.05) is 18.2 Å². The Morgan fingerprint density at radius 2 is 1.92 bits per heavy atom. The number of nitrogens with one attached hydrogen (secondary N) is 2. The zero-order chi connectivity index (χ0) is 17.7. The molecule has 2 heterocycles. The lowest BCUT2D eigenvalue weighted by Crippen LogP contribution is -2.21. The molecule has 0 radical (unpaired) electrons. The summed E-state index contributed by atoms with van der Waals surface area (Å²) in [7, 11) is -3.73. The molecule has 6 nitrogen and oxygen atoms in total. The van der Waals surface area contributed by atoms with Crippen molar-refractivity contribution < 1.29 is 13.2 Å². The molecule has 128 valence electrons. The van der Waals surface area contributed by atoms with Crippen LogP contribution in [-0.2, 0) is 10.0 Å². The van der Waals surface area contributed by atoms with Crippen LogP contribution in [0.4, 0.5) is 5.69 Å². The first-order valence-corrected chi connectivity index (χ1v) is 10.4. The van der Waals surface area contributed by atoms with Gasteiger partial charge in [-0.05, 0) is 40.4 Å². The van der Waals surface area contributed by atoms with Crippen molar-refractivity contribution >= 4 is 50.5 Å². The predicted molar refractivity (Wildman–Crippen MR) is 101 cm³/mol. The van der Waals surface area contributed by atoms with E-state index in [1.807, 2.05) is 16.8 Å². The second kappa shape index (κ2) is 7.60. The Bertz CT molecular complexity index is 979. The van der Waals surface area contributed by atoms with Gasteiger partial charge in [-0.3, -0.25) is 9.52 Å². The lowest BCUT2D eigenvalue weighted by atomic mass is 10.2. The molecule has 2 N–H and O–H groups in total. The van der Waals surface area contributed by atoms with Crippen molar-refractivity contribution in [2.45, 2.75) is 4.21 Å². The third-order valence-corrected chi connectivity index (χ3v) is 6.56. The molecule has 25 heavy (non-hydrogen) atoms. The third kappa shape index (κ3) is 4.32. The highest BCUT2D eigenvalue weighted by Crippen LogP contribution is 2.22. The summed E-state index contributed by atoms with van der Waals surface area (Å²) in [6, 6.07) is 11.4. The number of carbonyl (C=O) groups is 1. The first kappa shape index (κ1) is 17.3. The van der Waals surface area contributed by atoms with Gasteiger partial charge in [0, 0.05) is 5.56 Å². The van der Waals surface area contributed by atoms with Crippen LogP contribution in [0, 0.1) is 0 Å². The quantitative estimate of drug-likeness (QED) is 0.499. The summed E-state index contributed by atoms with van der Waals surface area (Å²) in [5, 5.41) is 9.35. The van der Waals surface area contributed by atoms with Crippen LogP contribution >= 0.6 is 22.7 Å². The predicted octanol–water partition coefficient (Wildman–Crippen LogP) is 3.37. The van der Waals surface area contributed by atoms with Crippen LogP contribution in [0.3, 0.4) is 0 Å². The van der Waals surface area contributed by atoms with E-state index in [1.165, 1.54) is 35.8 Å². The average Bonchev–Trinajstić information content (AvgIpc) is 3.29. The molecule has 0 aliphatic rings. The van der Waals surface area contributed by atoms with Gasteiger partial charge in [-0.2, -0.15) is 16.4 Å². The SMILES string of the molecule is O=C(N/N=C/c1ccsc1)c1ccccc1NS(=O)(=O)c1cccs1. The van der Waals surface area contributed by atoms with Crippen molar-refractivity contribution in [2.75, 3.05) is 4.72 Å².